The fraction of sp³-hybridized carbons (Fsp3) is 0. The molecule has 1 aromatic rings. The molecule has 0 heterocycles. The highest BCUT2D eigenvalue weighted by Crippen LogP contribution is 2.43. The maximum Gasteiger partial charge on any atom is 0.254 e. The smallest absolute Gasteiger partial charge is 0.254 e. The van der Waals surface area contributed by atoms with E-state index in [4.69, 9.17) is 23.2 Å². The SMILES string of the molecule is O=C(Cl)c1c(Br)c(Br)c(Br)c(Br)c1C(=O)Cl. The maximum atomic E-state index is 11.3. The molecule has 0 aromatic heterocycles. The molecule has 0 radical (unpaired) electrons. The lowest BCUT2D eigenvalue weighted by Gasteiger charge is -2.11. The first-order valence-corrected chi connectivity index (χ1v) is 7.47. The molecule has 0 bridgehead atoms. The van der Waals surface area contributed by atoms with Gasteiger partial charge < -0.3 is 0 Å². The number of rotatable bonds is 2. The van der Waals surface area contributed by atoms with E-state index in [-0.39, 0.29) is 11.1 Å². The molecule has 0 N–H and O–H groups in total. The first-order valence-electron chi connectivity index (χ1n) is 3.54. The lowest BCUT2D eigenvalue weighted by Crippen LogP contribution is -2.05. The van der Waals surface area contributed by atoms with Crippen LogP contribution in [0.4, 0.5) is 0 Å². The molecule has 2 nitrogen and oxygen atoms in total. The highest BCUT2D eigenvalue weighted by atomic mass is 79.9. The molecule has 0 fully saturated rings. The Balaban J connectivity index is 3.83. The molecule has 0 spiro atoms. The van der Waals surface area contributed by atoms with E-state index in [0.29, 0.717) is 17.9 Å². The standard InChI is InChI=1S/C8Br4Cl2O2/c9-3-1(7(13)15)2(8(14)16)4(10)6(12)5(3)11. The Morgan fingerprint density at radius 3 is 1.12 bits per heavy atom. The van der Waals surface area contributed by atoms with Crippen molar-refractivity contribution in [3.8, 4) is 0 Å². The molecule has 0 saturated carbocycles. The van der Waals surface area contributed by atoms with Crippen LogP contribution in [0.3, 0.4) is 0 Å². The Kier molecular flexibility index (Phi) is 5.48. The fourth-order valence-electron chi connectivity index (χ4n) is 1.00. The van der Waals surface area contributed by atoms with Gasteiger partial charge in [-0.25, -0.2) is 0 Å². The van der Waals surface area contributed by atoms with Gasteiger partial charge in [0.25, 0.3) is 10.5 Å². The second-order valence-electron chi connectivity index (χ2n) is 2.55. The highest BCUT2D eigenvalue weighted by Gasteiger charge is 2.26. The van der Waals surface area contributed by atoms with Crippen molar-refractivity contribution in [3.05, 3.63) is 29.0 Å². The van der Waals surface area contributed by atoms with E-state index in [0.717, 1.165) is 0 Å². The highest BCUT2D eigenvalue weighted by molar-refractivity contribution is 9.15. The zero-order valence-corrected chi connectivity index (χ0v) is 14.9. The van der Waals surface area contributed by atoms with Gasteiger partial charge in [-0.3, -0.25) is 9.59 Å². The molecular weight excluding hydrogens is 519 g/mol. The van der Waals surface area contributed by atoms with Crippen molar-refractivity contribution in [1.29, 1.82) is 0 Å². The van der Waals surface area contributed by atoms with Gasteiger partial charge in [0.15, 0.2) is 0 Å². The van der Waals surface area contributed by atoms with Crippen molar-refractivity contribution in [3.63, 3.8) is 0 Å². The monoisotopic (exact) mass is 514 g/mol. The minimum atomic E-state index is -0.773. The number of carbonyl (C=O) groups excluding carboxylic acids is 2. The number of benzene rings is 1. The van der Waals surface area contributed by atoms with Crippen LogP contribution < -0.4 is 0 Å². The van der Waals surface area contributed by atoms with Gasteiger partial charge in [-0.05, 0) is 86.9 Å². The van der Waals surface area contributed by atoms with Crippen LogP contribution in [0.5, 0.6) is 0 Å². The summed E-state index contributed by atoms with van der Waals surface area (Å²) in [6.07, 6.45) is 0. The topological polar surface area (TPSA) is 34.1 Å². The summed E-state index contributed by atoms with van der Waals surface area (Å²) in [4.78, 5) is 22.5. The Bertz CT molecular complexity index is 457. The van der Waals surface area contributed by atoms with E-state index in [1.807, 2.05) is 0 Å². The first-order chi connectivity index (χ1) is 7.29. The quantitative estimate of drug-likeness (QED) is 0.295. The van der Waals surface area contributed by atoms with Crippen LogP contribution in [-0.4, -0.2) is 10.5 Å². The second-order valence-corrected chi connectivity index (χ2v) is 6.41. The van der Waals surface area contributed by atoms with Gasteiger partial charge in [-0.15, -0.1) is 0 Å². The summed E-state index contributed by atoms with van der Waals surface area (Å²) in [5, 5.41) is -1.55. The molecule has 8 heteroatoms. The number of hydrogen-bond donors (Lipinski definition) is 0. The summed E-state index contributed by atoms with van der Waals surface area (Å²) in [6, 6.07) is 0. The summed E-state index contributed by atoms with van der Waals surface area (Å²) in [6.45, 7) is 0. The van der Waals surface area contributed by atoms with Gasteiger partial charge in [-0.1, -0.05) is 0 Å². The van der Waals surface area contributed by atoms with Crippen LogP contribution in [0.1, 0.15) is 20.7 Å². The van der Waals surface area contributed by atoms with Crippen LogP contribution in [0.2, 0.25) is 0 Å². The van der Waals surface area contributed by atoms with Crippen molar-refractivity contribution in [2.45, 2.75) is 0 Å². The zero-order valence-electron chi connectivity index (χ0n) is 7.08. The Hall–Kier alpha value is 1.06. The molecule has 0 aliphatic heterocycles. The van der Waals surface area contributed by atoms with Crippen molar-refractivity contribution >= 4 is 97.4 Å². The van der Waals surface area contributed by atoms with Crippen LogP contribution in [0.15, 0.2) is 17.9 Å². The number of halogens is 6. The van der Waals surface area contributed by atoms with Gasteiger partial charge in [0.1, 0.15) is 0 Å². The Morgan fingerprint density at radius 1 is 0.688 bits per heavy atom. The van der Waals surface area contributed by atoms with E-state index < -0.39 is 10.5 Å². The maximum absolute atomic E-state index is 11.3. The normalized spacial score (nSPS) is 10.4. The van der Waals surface area contributed by atoms with Crippen LogP contribution in [0, 0.1) is 0 Å². The van der Waals surface area contributed by atoms with Crippen molar-refractivity contribution < 1.29 is 9.59 Å². The minimum absolute atomic E-state index is 0.0172. The molecule has 0 aliphatic carbocycles. The average Bonchev–Trinajstić information content (AvgIpc) is 2.18. The van der Waals surface area contributed by atoms with E-state index in [2.05, 4.69) is 63.7 Å². The lowest BCUT2D eigenvalue weighted by atomic mass is 10.1. The summed E-state index contributed by atoms with van der Waals surface area (Å²) < 4.78 is 1.85. The number of carbonyl (C=O) groups is 2. The minimum Gasteiger partial charge on any atom is -0.276 e. The molecule has 0 atom stereocenters. The van der Waals surface area contributed by atoms with E-state index in [1.165, 1.54) is 0 Å². The Morgan fingerprint density at radius 2 is 0.938 bits per heavy atom. The molecule has 0 unspecified atom stereocenters. The van der Waals surface area contributed by atoms with Crippen molar-refractivity contribution in [2.75, 3.05) is 0 Å². The summed E-state index contributed by atoms with van der Waals surface area (Å²) in [7, 11) is 0. The largest absolute Gasteiger partial charge is 0.276 e. The van der Waals surface area contributed by atoms with Gasteiger partial charge in [0.2, 0.25) is 0 Å². The molecule has 1 aromatic carbocycles. The van der Waals surface area contributed by atoms with E-state index in [9.17, 15) is 9.59 Å². The molecule has 16 heavy (non-hydrogen) atoms. The average molecular weight is 519 g/mol. The molecular formula is C8Br4Cl2O2. The lowest BCUT2D eigenvalue weighted by molar-refractivity contribution is 0.105. The molecule has 0 saturated heterocycles. The van der Waals surface area contributed by atoms with Gasteiger partial charge in [0.05, 0.1) is 11.1 Å². The van der Waals surface area contributed by atoms with Gasteiger partial charge >= 0.3 is 0 Å². The molecule has 86 valence electrons. The van der Waals surface area contributed by atoms with Crippen molar-refractivity contribution in [2.24, 2.45) is 0 Å². The predicted molar refractivity (Wildman–Crippen MR) is 77.6 cm³/mol. The van der Waals surface area contributed by atoms with Crippen molar-refractivity contribution in [1.82, 2.24) is 0 Å². The molecule has 1 rings (SSSR count). The second kappa shape index (κ2) is 5.80. The summed E-state index contributed by atoms with van der Waals surface area (Å²) in [5.74, 6) is 0. The van der Waals surface area contributed by atoms with Crippen LogP contribution in [-0.2, 0) is 0 Å². The first kappa shape index (κ1) is 15.1. The summed E-state index contributed by atoms with van der Waals surface area (Å²) in [5.41, 5.74) is 0.0345. The zero-order chi connectivity index (χ0) is 12.6. The van der Waals surface area contributed by atoms with Gasteiger partial charge in [0, 0.05) is 17.9 Å². The van der Waals surface area contributed by atoms with Crippen LogP contribution in [0.25, 0.3) is 0 Å². The molecule has 0 aliphatic rings. The summed E-state index contributed by atoms with van der Waals surface area (Å²) >= 11 is 23.7. The Labute approximate surface area is 135 Å². The fourth-order valence-corrected chi connectivity index (χ4v) is 4.09. The third-order valence-electron chi connectivity index (χ3n) is 1.66. The van der Waals surface area contributed by atoms with E-state index in [1.54, 1.807) is 0 Å². The predicted octanol–water partition coefficient (Wildman–Crippen LogP) is 5.49. The number of hydrogen-bond acceptors (Lipinski definition) is 2. The van der Waals surface area contributed by atoms with E-state index >= 15 is 0 Å². The van der Waals surface area contributed by atoms with Gasteiger partial charge in [-0.2, -0.15) is 0 Å². The van der Waals surface area contributed by atoms with Crippen LogP contribution >= 0.6 is 86.9 Å². The third-order valence-corrected chi connectivity index (χ3v) is 6.81. The third kappa shape index (κ3) is 2.72. The molecule has 0 amide bonds.